The van der Waals surface area contributed by atoms with Crippen LogP contribution in [0.5, 0.6) is 0 Å². The number of anilines is 2. The number of hydrogen-bond donors (Lipinski definition) is 2. The van der Waals surface area contributed by atoms with Crippen LogP contribution in [-0.2, 0) is 7.05 Å². The Labute approximate surface area is 103 Å². The van der Waals surface area contributed by atoms with E-state index in [0.717, 1.165) is 5.82 Å². The van der Waals surface area contributed by atoms with E-state index in [1.54, 1.807) is 36.1 Å². The first-order valence-electron chi connectivity index (χ1n) is 4.86. The summed E-state index contributed by atoms with van der Waals surface area (Å²) in [5, 5.41) is 16.2. The molecule has 0 fully saturated rings. The minimum absolute atomic E-state index is 0.0684. The summed E-state index contributed by atoms with van der Waals surface area (Å²) < 4.78 is 1.65. The molecule has 0 aliphatic rings. The first kappa shape index (κ1) is 11.5. The van der Waals surface area contributed by atoms with Crippen molar-refractivity contribution in [2.45, 2.75) is 0 Å². The third-order valence-corrected chi connectivity index (χ3v) is 2.62. The van der Waals surface area contributed by atoms with Gasteiger partial charge >= 0.3 is 5.97 Å². The Balaban J connectivity index is 2.32. The van der Waals surface area contributed by atoms with Gasteiger partial charge in [-0.25, -0.2) is 4.79 Å². The SMILES string of the molecule is Cn1nccc1Nc1ccc(Cl)c(C(=O)O)c1. The van der Waals surface area contributed by atoms with Crippen molar-refractivity contribution in [1.82, 2.24) is 9.78 Å². The van der Waals surface area contributed by atoms with Gasteiger partial charge in [0.2, 0.25) is 0 Å². The summed E-state index contributed by atoms with van der Waals surface area (Å²) >= 11 is 5.78. The number of aryl methyl sites for hydroxylation is 1. The molecule has 0 saturated heterocycles. The molecule has 1 heterocycles. The van der Waals surface area contributed by atoms with E-state index in [1.165, 1.54) is 6.07 Å². The molecule has 88 valence electrons. The summed E-state index contributed by atoms with van der Waals surface area (Å²) in [7, 11) is 1.79. The van der Waals surface area contributed by atoms with Crippen molar-refractivity contribution in [2.75, 3.05) is 5.32 Å². The van der Waals surface area contributed by atoms with Gasteiger partial charge in [0.05, 0.1) is 16.8 Å². The molecule has 6 heteroatoms. The lowest BCUT2D eigenvalue weighted by Crippen LogP contribution is -2.02. The van der Waals surface area contributed by atoms with Crippen molar-refractivity contribution in [3.05, 3.63) is 41.0 Å². The Hall–Kier alpha value is -2.01. The Morgan fingerprint density at radius 1 is 1.47 bits per heavy atom. The van der Waals surface area contributed by atoms with Crippen LogP contribution in [0.25, 0.3) is 0 Å². The van der Waals surface area contributed by atoms with E-state index in [-0.39, 0.29) is 10.6 Å². The third-order valence-electron chi connectivity index (χ3n) is 2.29. The molecular weight excluding hydrogens is 242 g/mol. The van der Waals surface area contributed by atoms with Crippen LogP contribution in [-0.4, -0.2) is 20.9 Å². The molecule has 2 aromatic rings. The molecule has 0 atom stereocenters. The second kappa shape index (κ2) is 4.47. The minimum atomic E-state index is -1.05. The van der Waals surface area contributed by atoms with Crippen LogP contribution < -0.4 is 5.32 Å². The van der Waals surface area contributed by atoms with E-state index in [4.69, 9.17) is 16.7 Å². The van der Waals surface area contributed by atoms with E-state index < -0.39 is 5.97 Å². The lowest BCUT2D eigenvalue weighted by Gasteiger charge is -2.08. The molecule has 17 heavy (non-hydrogen) atoms. The Bertz CT molecular complexity index is 566. The first-order chi connectivity index (χ1) is 8.08. The number of halogens is 1. The highest BCUT2D eigenvalue weighted by molar-refractivity contribution is 6.33. The van der Waals surface area contributed by atoms with Crippen LogP contribution in [0.4, 0.5) is 11.5 Å². The molecule has 1 aromatic carbocycles. The summed E-state index contributed by atoms with van der Waals surface area (Å²) in [6.45, 7) is 0. The van der Waals surface area contributed by atoms with Crippen LogP contribution in [0.3, 0.4) is 0 Å². The number of aromatic carboxylic acids is 1. The second-order valence-corrected chi connectivity index (χ2v) is 3.87. The fraction of sp³-hybridized carbons (Fsp3) is 0.0909. The van der Waals surface area contributed by atoms with Crippen LogP contribution >= 0.6 is 11.6 Å². The predicted molar refractivity (Wildman–Crippen MR) is 64.9 cm³/mol. The summed E-state index contributed by atoms with van der Waals surface area (Å²) in [6, 6.07) is 6.53. The number of carbonyl (C=O) groups is 1. The number of benzene rings is 1. The van der Waals surface area contributed by atoms with Gasteiger partial charge in [-0.15, -0.1) is 0 Å². The molecular formula is C11H10ClN3O2. The number of rotatable bonds is 3. The molecule has 2 rings (SSSR count). The molecule has 0 amide bonds. The van der Waals surface area contributed by atoms with Crippen molar-refractivity contribution >= 4 is 29.1 Å². The third kappa shape index (κ3) is 2.39. The fourth-order valence-electron chi connectivity index (χ4n) is 1.41. The van der Waals surface area contributed by atoms with E-state index >= 15 is 0 Å². The van der Waals surface area contributed by atoms with E-state index in [1.807, 2.05) is 0 Å². The molecule has 0 unspecified atom stereocenters. The predicted octanol–water partition coefficient (Wildman–Crippen LogP) is 2.52. The maximum absolute atomic E-state index is 10.9. The maximum atomic E-state index is 10.9. The van der Waals surface area contributed by atoms with Crippen molar-refractivity contribution in [3.8, 4) is 0 Å². The fourth-order valence-corrected chi connectivity index (χ4v) is 1.61. The summed E-state index contributed by atoms with van der Waals surface area (Å²) in [5.74, 6) is -0.285. The molecule has 2 N–H and O–H groups in total. The molecule has 0 aliphatic heterocycles. The number of carboxylic acid groups (broad SMARTS) is 1. The van der Waals surface area contributed by atoms with Crippen LogP contribution in [0.1, 0.15) is 10.4 Å². The highest BCUT2D eigenvalue weighted by Gasteiger charge is 2.09. The smallest absolute Gasteiger partial charge is 0.337 e. The summed E-state index contributed by atoms with van der Waals surface area (Å²) in [5.41, 5.74) is 0.717. The van der Waals surface area contributed by atoms with E-state index in [2.05, 4.69) is 10.4 Å². The highest BCUT2D eigenvalue weighted by Crippen LogP contribution is 2.23. The van der Waals surface area contributed by atoms with Gasteiger partial charge in [0.1, 0.15) is 5.82 Å². The number of carboxylic acids is 1. The highest BCUT2D eigenvalue weighted by atomic mass is 35.5. The number of nitrogens with zero attached hydrogens (tertiary/aromatic N) is 2. The van der Waals surface area contributed by atoms with Gasteiger partial charge in [-0.3, -0.25) is 4.68 Å². The van der Waals surface area contributed by atoms with Gasteiger partial charge in [0, 0.05) is 18.8 Å². The monoisotopic (exact) mass is 251 g/mol. The quantitative estimate of drug-likeness (QED) is 0.880. The van der Waals surface area contributed by atoms with Gasteiger partial charge in [-0.1, -0.05) is 11.6 Å². The molecule has 1 aromatic heterocycles. The van der Waals surface area contributed by atoms with Crippen LogP contribution in [0.2, 0.25) is 5.02 Å². The lowest BCUT2D eigenvalue weighted by atomic mass is 10.2. The van der Waals surface area contributed by atoms with Gasteiger partial charge in [-0.05, 0) is 18.2 Å². The number of aromatic nitrogens is 2. The van der Waals surface area contributed by atoms with Crippen molar-refractivity contribution in [2.24, 2.45) is 7.05 Å². The molecule has 0 spiro atoms. The molecule has 5 nitrogen and oxygen atoms in total. The Kier molecular flexibility index (Phi) is 3.01. The lowest BCUT2D eigenvalue weighted by molar-refractivity contribution is 0.0697. The second-order valence-electron chi connectivity index (χ2n) is 3.46. The summed E-state index contributed by atoms with van der Waals surface area (Å²) in [6.07, 6.45) is 1.65. The minimum Gasteiger partial charge on any atom is -0.478 e. The van der Waals surface area contributed by atoms with Gasteiger partial charge in [-0.2, -0.15) is 5.10 Å². The van der Waals surface area contributed by atoms with Gasteiger partial charge in [0.25, 0.3) is 0 Å². The zero-order valence-corrected chi connectivity index (χ0v) is 9.77. The molecule has 0 aliphatic carbocycles. The summed E-state index contributed by atoms with van der Waals surface area (Å²) in [4.78, 5) is 10.9. The Morgan fingerprint density at radius 2 is 2.24 bits per heavy atom. The van der Waals surface area contributed by atoms with Crippen LogP contribution in [0.15, 0.2) is 30.5 Å². The average Bonchev–Trinajstić information content (AvgIpc) is 2.67. The molecule has 0 radical (unpaired) electrons. The first-order valence-corrected chi connectivity index (χ1v) is 5.23. The average molecular weight is 252 g/mol. The standard InChI is InChI=1S/C11H10ClN3O2/c1-15-10(4-5-13-15)14-7-2-3-9(12)8(6-7)11(16)17/h2-6,14H,1H3,(H,16,17). The Morgan fingerprint density at radius 3 is 2.82 bits per heavy atom. The van der Waals surface area contributed by atoms with Crippen molar-refractivity contribution in [3.63, 3.8) is 0 Å². The zero-order chi connectivity index (χ0) is 12.4. The maximum Gasteiger partial charge on any atom is 0.337 e. The topological polar surface area (TPSA) is 67.2 Å². The van der Waals surface area contributed by atoms with Gasteiger partial charge < -0.3 is 10.4 Å². The largest absolute Gasteiger partial charge is 0.478 e. The molecule has 0 saturated carbocycles. The van der Waals surface area contributed by atoms with Crippen molar-refractivity contribution in [1.29, 1.82) is 0 Å². The molecule has 0 bridgehead atoms. The van der Waals surface area contributed by atoms with E-state index in [0.29, 0.717) is 5.69 Å². The zero-order valence-electron chi connectivity index (χ0n) is 9.01. The van der Waals surface area contributed by atoms with Crippen molar-refractivity contribution < 1.29 is 9.90 Å². The van der Waals surface area contributed by atoms with Gasteiger partial charge in [0.15, 0.2) is 0 Å². The normalized spacial score (nSPS) is 10.2. The number of nitrogens with one attached hydrogen (secondary N) is 1. The van der Waals surface area contributed by atoms with Crippen LogP contribution in [0, 0.1) is 0 Å². The number of hydrogen-bond acceptors (Lipinski definition) is 3. The van der Waals surface area contributed by atoms with E-state index in [9.17, 15) is 4.79 Å².